The van der Waals surface area contributed by atoms with E-state index < -0.39 is 0 Å². The summed E-state index contributed by atoms with van der Waals surface area (Å²) in [5, 5.41) is 7.04. The van der Waals surface area contributed by atoms with E-state index >= 15 is 0 Å². The van der Waals surface area contributed by atoms with Crippen LogP contribution in [0.3, 0.4) is 0 Å². The lowest BCUT2D eigenvalue weighted by Gasteiger charge is -2.32. The van der Waals surface area contributed by atoms with Crippen LogP contribution in [0.1, 0.15) is 28.9 Å². The average Bonchev–Trinajstić information content (AvgIpc) is 3.40. The number of benzene rings is 1. The maximum Gasteiger partial charge on any atom is 0.274 e. The highest BCUT2D eigenvalue weighted by atomic mass is 16.5. The molecule has 1 unspecified atom stereocenters. The van der Waals surface area contributed by atoms with Crippen LogP contribution < -0.4 is 0 Å². The average molecular weight is 365 g/mol. The molecule has 1 saturated heterocycles. The Morgan fingerprint density at radius 1 is 1.26 bits per heavy atom. The molecule has 0 radical (unpaired) electrons. The molecule has 4 rings (SSSR count). The van der Waals surface area contributed by atoms with Gasteiger partial charge in [0.1, 0.15) is 5.69 Å². The molecule has 1 amide bonds. The van der Waals surface area contributed by atoms with Crippen LogP contribution >= 0.6 is 0 Å². The van der Waals surface area contributed by atoms with Crippen LogP contribution in [0, 0.1) is 5.92 Å². The number of amides is 1. The van der Waals surface area contributed by atoms with Crippen LogP contribution in [-0.2, 0) is 11.3 Å². The molecular formula is C21H23N3O3. The van der Waals surface area contributed by atoms with Gasteiger partial charge in [-0.3, -0.25) is 9.89 Å². The Balaban J connectivity index is 1.31. The van der Waals surface area contributed by atoms with Crippen molar-refractivity contribution in [3.05, 3.63) is 66.1 Å². The molecule has 2 aromatic heterocycles. The van der Waals surface area contributed by atoms with E-state index in [1.54, 1.807) is 12.3 Å². The lowest BCUT2D eigenvalue weighted by Crippen LogP contribution is -2.41. The van der Waals surface area contributed by atoms with Crippen molar-refractivity contribution >= 4 is 5.91 Å². The van der Waals surface area contributed by atoms with E-state index in [4.69, 9.17) is 9.15 Å². The maximum atomic E-state index is 12.8. The number of carbonyl (C=O) groups excluding carboxylic acids is 1. The smallest absolute Gasteiger partial charge is 0.274 e. The van der Waals surface area contributed by atoms with Crippen LogP contribution in [0.25, 0.3) is 11.5 Å². The number of likely N-dealkylation sites (tertiary alicyclic amines) is 1. The van der Waals surface area contributed by atoms with Gasteiger partial charge in [0.15, 0.2) is 11.5 Å². The summed E-state index contributed by atoms with van der Waals surface area (Å²) in [6, 6.07) is 15.5. The second-order valence-corrected chi connectivity index (χ2v) is 6.90. The van der Waals surface area contributed by atoms with Gasteiger partial charge in [-0.05, 0) is 36.5 Å². The number of nitrogens with one attached hydrogen (secondary N) is 1. The minimum Gasteiger partial charge on any atom is -0.463 e. The monoisotopic (exact) mass is 365 g/mol. The Morgan fingerprint density at radius 3 is 2.96 bits per heavy atom. The van der Waals surface area contributed by atoms with Gasteiger partial charge in [0.2, 0.25) is 0 Å². The van der Waals surface area contributed by atoms with E-state index in [-0.39, 0.29) is 5.91 Å². The van der Waals surface area contributed by atoms with Gasteiger partial charge < -0.3 is 14.1 Å². The molecule has 6 nitrogen and oxygen atoms in total. The predicted molar refractivity (Wildman–Crippen MR) is 101 cm³/mol. The topological polar surface area (TPSA) is 71.4 Å². The predicted octanol–water partition coefficient (Wildman–Crippen LogP) is 3.74. The Labute approximate surface area is 158 Å². The summed E-state index contributed by atoms with van der Waals surface area (Å²) in [6.07, 6.45) is 3.67. The molecule has 140 valence electrons. The molecule has 27 heavy (non-hydrogen) atoms. The first-order chi connectivity index (χ1) is 13.3. The van der Waals surface area contributed by atoms with Gasteiger partial charge in [-0.2, -0.15) is 5.10 Å². The Morgan fingerprint density at radius 2 is 2.15 bits per heavy atom. The largest absolute Gasteiger partial charge is 0.463 e. The number of hydrogen-bond acceptors (Lipinski definition) is 4. The molecule has 1 aliphatic rings. The first kappa shape index (κ1) is 17.5. The SMILES string of the molecule is O=C(c1cc(-c2ccco2)[nH]n1)N1CCCC(COCc2ccccc2)C1. The number of nitrogens with zero attached hydrogens (tertiary/aromatic N) is 2. The molecule has 3 heterocycles. The van der Waals surface area contributed by atoms with E-state index in [1.807, 2.05) is 35.2 Å². The molecule has 1 N–H and O–H groups in total. The summed E-state index contributed by atoms with van der Waals surface area (Å²) in [4.78, 5) is 14.7. The van der Waals surface area contributed by atoms with Crippen molar-refractivity contribution in [2.75, 3.05) is 19.7 Å². The number of H-pyrrole nitrogens is 1. The van der Waals surface area contributed by atoms with Crippen LogP contribution in [0.15, 0.2) is 59.2 Å². The van der Waals surface area contributed by atoms with Crippen molar-refractivity contribution < 1.29 is 13.9 Å². The summed E-state index contributed by atoms with van der Waals surface area (Å²) in [6.45, 7) is 2.74. The third-order valence-electron chi connectivity index (χ3n) is 4.85. The van der Waals surface area contributed by atoms with E-state index in [1.165, 1.54) is 5.56 Å². The molecule has 1 aliphatic heterocycles. The molecule has 1 fully saturated rings. The molecule has 0 bridgehead atoms. The van der Waals surface area contributed by atoms with Gasteiger partial charge in [-0.15, -0.1) is 0 Å². The molecule has 3 aromatic rings. The minimum absolute atomic E-state index is 0.0446. The zero-order chi connectivity index (χ0) is 18.5. The zero-order valence-corrected chi connectivity index (χ0v) is 15.1. The Bertz CT molecular complexity index is 858. The van der Waals surface area contributed by atoms with Crippen molar-refractivity contribution in [1.29, 1.82) is 0 Å². The third kappa shape index (κ3) is 4.28. The fourth-order valence-electron chi connectivity index (χ4n) is 3.45. The van der Waals surface area contributed by atoms with Crippen LogP contribution in [0.2, 0.25) is 0 Å². The fourth-order valence-corrected chi connectivity index (χ4v) is 3.45. The second kappa shape index (κ2) is 8.22. The number of hydrogen-bond donors (Lipinski definition) is 1. The van der Waals surface area contributed by atoms with E-state index in [9.17, 15) is 4.79 Å². The highest BCUT2D eigenvalue weighted by molar-refractivity contribution is 5.93. The molecule has 0 spiro atoms. The number of aromatic nitrogens is 2. The van der Waals surface area contributed by atoms with Gasteiger partial charge >= 0.3 is 0 Å². The van der Waals surface area contributed by atoms with Crippen molar-refractivity contribution in [2.45, 2.75) is 19.4 Å². The van der Waals surface area contributed by atoms with Gasteiger partial charge in [-0.25, -0.2) is 0 Å². The quantitative estimate of drug-likeness (QED) is 0.722. The first-order valence-electron chi connectivity index (χ1n) is 9.30. The number of aromatic amines is 1. The van der Waals surface area contributed by atoms with Crippen molar-refractivity contribution in [3.63, 3.8) is 0 Å². The fraction of sp³-hybridized carbons (Fsp3) is 0.333. The summed E-state index contributed by atoms with van der Waals surface area (Å²) in [5.41, 5.74) is 2.30. The summed E-state index contributed by atoms with van der Waals surface area (Å²) in [5.74, 6) is 0.985. The first-order valence-corrected chi connectivity index (χ1v) is 9.30. The van der Waals surface area contributed by atoms with Crippen LogP contribution in [0.5, 0.6) is 0 Å². The summed E-state index contributed by atoms with van der Waals surface area (Å²) in [7, 11) is 0. The molecule has 6 heteroatoms. The van der Waals surface area contributed by atoms with Crippen LogP contribution in [-0.4, -0.2) is 40.7 Å². The van der Waals surface area contributed by atoms with Gasteiger partial charge in [-0.1, -0.05) is 30.3 Å². The highest BCUT2D eigenvalue weighted by Crippen LogP contribution is 2.22. The zero-order valence-electron chi connectivity index (χ0n) is 15.1. The minimum atomic E-state index is -0.0446. The second-order valence-electron chi connectivity index (χ2n) is 6.90. The number of furan rings is 1. The number of carbonyl (C=O) groups is 1. The molecule has 0 aliphatic carbocycles. The molecule has 0 saturated carbocycles. The van der Waals surface area contributed by atoms with E-state index in [0.29, 0.717) is 42.8 Å². The van der Waals surface area contributed by atoms with Crippen LogP contribution in [0.4, 0.5) is 0 Å². The Hall–Kier alpha value is -2.86. The molecule has 1 atom stereocenters. The van der Waals surface area contributed by atoms with E-state index in [2.05, 4.69) is 22.3 Å². The summed E-state index contributed by atoms with van der Waals surface area (Å²) < 4.78 is 11.2. The normalized spacial score (nSPS) is 17.2. The lowest BCUT2D eigenvalue weighted by atomic mass is 9.98. The molecular weight excluding hydrogens is 342 g/mol. The van der Waals surface area contributed by atoms with Crippen molar-refractivity contribution in [1.82, 2.24) is 15.1 Å². The number of piperidine rings is 1. The summed E-state index contributed by atoms with van der Waals surface area (Å²) >= 11 is 0. The molecule has 1 aromatic carbocycles. The van der Waals surface area contributed by atoms with Crippen molar-refractivity contribution in [3.8, 4) is 11.5 Å². The third-order valence-corrected chi connectivity index (χ3v) is 4.85. The number of rotatable bonds is 6. The number of ether oxygens (including phenoxy) is 1. The van der Waals surface area contributed by atoms with Gasteiger partial charge in [0.05, 0.1) is 19.5 Å². The van der Waals surface area contributed by atoms with Crippen molar-refractivity contribution in [2.24, 2.45) is 5.92 Å². The van der Waals surface area contributed by atoms with E-state index in [0.717, 1.165) is 19.4 Å². The maximum absolute atomic E-state index is 12.8. The van der Waals surface area contributed by atoms with Gasteiger partial charge in [0, 0.05) is 19.2 Å². The standard InChI is InChI=1S/C21H23N3O3/c25-21(19-12-18(22-23-19)20-9-5-11-27-20)24-10-4-8-17(13-24)15-26-14-16-6-2-1-3-7-16/h1-3,5-7,9,11-12,17H,4,8,10,13-15H2,(H,22,23). The lowest BCUT2D eigenvalue weighted by molar-refractivity contribution is 0.0422. The van der Waals surface area contributed by atoms with Gasteiger partial charge in [0.25, 0.3) is 5.91 Å². The highest BCUT2D eigenvalue weighted by Gasteiger charge is 2.26. The Kier molecular flexibility index (Phi) is 5.34.